The van der Waals surface area contributed by atoms with Crippen molar-refractivity contribution < 1.29 is 14.3 Å². The number of ether oxygens (including phenoxy) is 1. The lowest BCUT2D eigenvalue weighted by atomic mass is 9.97. The van der Waals surface area contributed by atoms with E-state index in [1.807, 2.05) is 29.2 Å². The minimum Gasteiger partial charge on any atom is -0.466 e. The first-order valence-electron chi connectivity index (χ1n) is 8.59. The fraction of sp³-hybridized carbons (Fsp3) is 0.579. The molecular weight excluding hydrogens is 290 g/mol. The number of amides is 1. The molecule has 1 aliphatic heterocycles. The Hall–Kier alpha value is -1.84. The molecule has 0 radical (unpaired) electrons. The molecule has 1 fully saturated rings. The maximum atomic E-state index is 12.8. The highest BCUT2D eigenvalue weighted by Crippen LogP contribution is 2.23. The summed E-state index contributed by atoms with van der Waals surface area (Å²) in [6, 6.07) is 7.78. The summed E-state index contributed by atoms with van der Waals surface area (Å²) in [4.78, 5) is 26.4. The lowest BCUT2D eigenvalue weighted by Crippen LogP contribution is -2.45. The highest BCUT2D eigenvalue weighted by Gasteiger charge is 2.29. The zero-order valence-electron chi connectivity index (χ0n) is 14.4. The van der Waals surface area contributed by atoms with Crippen molar-refractivity contribution in [2.24, 2.45) is 0 Å². The highest BCUT2D eigenvalue weighted by atomic mass is 16.5. The molecule has 0 spiro atoms. The summed E-state index contributed by atoms with van der Waals surface area (Å²) in [6.45, 7) is 7.18. The zero-order valence-corrected chi connectivity index (χ0v) is 14.4. The van der Waals surface area contributed by atoms with Crippen LogP contribution in [0, 0.1) is 0 Å². The van der Waals surface area contributed by atoms with Gasteiger partial charge in [-0.3, -0.25) is 9.59 Å². The predicted molar refractivity (Wildman–Crippen MR) is 90.5 cm³/mol. The monoisotopic (exact) mass is 317 g/mol. The second-order valence-corrected chi connectivity index (χ2v) is 6.43. The third-order valence-corrected chi connectivity index (χ3v) is 4.42. The molecule has 1 saturated heterocycles. The van der Waals surface area contributed by atoms with Crippen LogP contribution in [0.1, 0.15) is 68.3 Å². The Labute approximate surface area is 138 Å². The summed E-state index contributed by atoms with van der Waals surface area (Å²) in [7, 11) is 0. The van der Waals surface area contributed by atoms with E-state index < -0.39 is 0 Å². The average Bonchev–Trinajstić information content (AvgIpc) is 2.55. The molecular formula is C19H27NO3. The summed E-state index contributed by atoms with van der Waals surface area (Å²) < 4.78 is 5.04. The number of piperidine rings is 1. The average molecular weight is 317 g/mol. The number of likely N-dealkylation sites (tertiary alicyclic amines) is 1. The van der Waals surface area contributed by atoms with Crippen LogP contribution in [0.15, 0.2) is 24.3 Å². The summed E-state index contributed by atoms with van der Waals surface area (Å²) >= 11 is 0. The minimum absolute atomic E-state index is 0.0225. The Kier molecular flexibility index (Phi) is 6.20. The third-order valence-electron chi connectivity index (χ3n) is 4.42. The van der Waals surface area contributed by atoms with E-state index in [0.717, 1.165) is 25.8 Å². The van der Waals surface area contributed by atoms with Gasteiger partial charge >= 0.3 is 5.97 Å². The normalized spacial score (nSPS) is 18.1. The number of carbonyl (C=O) groups is 2. The van der Waals surface area contributed by atoms with Gasteiger partial charge in [-0.2, -0.15) is 0 Å². The highest BCUT2D eigenvalue weighted by molar-refractivity contribution is 5.94. The fourth-order valence-electron chi connectivity index (χ4n) is 3.07. The van der Waals surface area contributed by atoms with Crippen LogP contribution < -0.4 is 0 Å². The van der Waals surface area contributed by atoms with E-state index in [9.17, 15) is 9.59 Å². The second kappa shape index (κ2) is 8.14. The molecule has 1 amide bonds. The van der Waals surface area contributed by atoms with Gasteiger partial charge in [-0.25, -0.2) is 0 Å². The predicted octanol–water partition coefficient (Wildman–Crippen LogP) is 3.76. The number of rotatable bonds is 5. The van der Waals surface area contributed by atoms with Crippen molar-refractivity contribution >= 4 is 11.9 Å². The van der Waals surface area contributed by atoms with Crippen LogP contribution in [0.25, 0.3) is 0 Å². The van der Waals surface area contributed by atoms with E-state index in [0.29, 0.717) is 24.5 Å². The standard InChI is InChI=1S/C19H27NO3/c1-4-23-18(21)13-17-7-5-6-12-20(17)19(22)16-10-8-15(9-11-16)14(2)3/h8-11,14,17H,4-7,12-13H2,1-3H3/t17-/m0/s1. The number of hydrogen-bond acceptors (Lipinski definition) is 3. The molecule has 1 aromatic rings. The Balaban J connectivity index is 2.09. The molecule has 23 heavy (non-hydrogen) atoms. The van der Waals surface area contributed by atoms with Crippen molar-refractivity contribution in [2.75, 3.05) is 13.2 Å². The Morgan fingerprint density at radius 1 is 1.22 bits per heavy atom. The lowest BCUT2D eigenvalue weighted by molar-refractivity contribution is -0.144. The van der Waals surface area contributed by atoms with Gasteiger partial charge in [0.1, 0.15) is 0 Å². The molecule has 0 aliphatic carbocycles. The van der Waals surface area contributed by atoms with E-state index in [-0.39, 0.29) is 17.9 Å². The Morgan fingerprint density at radius 3 is 2.52 bits per heavy atom. The van der Waals surface area contributed by atoms with Crippen molar-refractivity contribution in [2.45, 2.75) is 58.4 Å². The first-order valence-corrected chi connectivity index (χ1v) is 8.59. The molecule has 4 nitrogen and oxygen atoms in total. The van der Waals surface area contributed by atoms with Crippen LogP contribution in [0.4, 0.5) is 0 Å². The number of hydrogen-bond donors (Lipinski definition) is 0. The van der Waals surface area contributed by atoms with Gasteiger partial charge in [0.15, 0.2) is 0 Å². The maximum Gasteiger partial charge on any atom is 0.307 e. The first-order chi connectivity index (χ1) is 11.0. The molecule has 0 aromatic heterocycles. The van der Waals surface area contributed by atoms with Crippen LogP contribution in [-0.2, 0) is 9.53 Å². The van der Waals surface area contributed by atoms with Crippen molar-refractivity contribution in [1.82, 2.24) is 4.90 Å². The van der Waals surface area contributed by atoms with Crippen molar-refractivity contribution in [3.63, 3.8) is 0 Å². The second-order valence-electron chi connectivity index (χ2n) is 6.43. The van der Waals surface area contributed by atoms with Gasteiger partial charge in [0.25, 0.3) is 5.91 Å². The van der Waals surface area contributed by atoms with Gasteiger partial charge < -0.3 is 9.64 Å². The summed E-state index contributed by atoms with van der Waals surface area (Å²) in [5, 5.41) is 0. The largest absolute Gasteiger partial charge is 0.466 e. The summed E-state index contributed by atoms with van der Waals surface area (Å²) in [5.74, 6) is 0.257. The summed E-state index contributed by atoms with van der Waals surface area (Å²) in [6.07, 6.45) is 3.22. The maximum absolute atomic E-state index is 12.8. The minimum atomic E-state index is -0.215. The van der Waals surface area contributed by atoms with Crippen molar-refractivity contribution in [3.05, 3.63) is 35.4 Å². The Morgan fingerprint density at radius 2 is 1.91 bits per heavy atom. The zero-order chi connectivity index (χ0) is 16.8. The summed E-state index contributed by atoms with van der Waals surface area (Å²) in [5.41, 5.74) is 1.92. The molecule has 1 aliphatic rings. The fourth-order valence-corrected chi connectivity index (χ4v) is 3.07. The molecule has 0 N–H and O–H groups in total. The lowest BCUT2D eigenvalue weighted by Gasteiger charge is -2.35. The number of benzene rings is 1. The van der Waals surface area contributed by atoms with Crippen LogP contribution in [0.3, 0.4) is 0 Å². The van der Waals surface area contributed by atoms with Gasteiger partial charge in [0.2, 0.25) is 0 Å². The SMILES string of the molecule is CCOC(=O)C[C@@H]1CCCCN1C(=O)c1ccc(C(C)C)cc1. The van der Waals surface area contributed by atoms with E-state index >= 15 is 0 Å². The molecule has 1 aromatic carbocycles. The van der Waals surface area contributed by atoms with Crippen LogP contribution >= 0.6 is 0 Å². The topological polar surface area (TPSA) is 46.6 Å². The number of nitrogens with zero attached hydrogens (tertiary/aromatic N) is 1. The van der Waals surface area contributed by atoms with Gasteiger partial charge in [-0.15, -0.1) is 0 Å². The van der Waals surface area contributed by atoms with Crippen molar-refractivity contribution in [3.8, 4) is 0 Å². The number of esters is 1. The first kappa shape index (κ1) is 17.5. The van der Waals surface area contributed by atoms with Crippen molar-refractivity contribution in [1.29, 1.82) is 0 Å². The molecule has 126 valence electrons. The van der Waals surface area contributed by atoms with Gasteiger partial charge in [-0.05, 0) is 49.8 Å². The van der Waals surface area contributed by atoms with Gasteiger partial charge in [-0.1, -0.05) is 26.0 Å². The van der Waals surface area contributed by atoms with E-state index in [2.05, 4.69) is 13.8 Å². The Bertz CT molecular complexity index is 536. The van der Waals surface area contributed by atoms with E-state index in [4.69, 9.17) is 4.74 Å². The van der Waals surface area contributed by atoms with Gasteiger partial charge in [0, 0.05) is 18.2 Å². The van der Waals surface area contributed by atoms with Crippen LogP contribution in [0.5, 0.6) is 0 Å². The molecule has 2 rings (SSSR count). The quantitative estimate of drug-likeness (QED) is 0.777. The third kappa shape index (κ3) is 4.57. The van der Waals surface area contributed by atoms with E-state index in [1.54, 1.807) is 6.92 Å². The molecule has 0 unspecified atom stereocenters. The number of carbonyl (C=O) groups excluding carboxylic acids is 2. The van der Waals surface area contributed by atoms with E-state index in [1.165, 1.54) is 5.56 Å². The molecule has 4 heteroatoms. The molecule has 1 heterocycles. The molecule has 0 saturated carbocycles. The molecule has 0 bridgehead atoms. The van der Waals surface area contributed by atoms with Gasteiger partial charge in [0.05, 0.1) is 13.0 Å². The smallest absolute Gasteiger partial charge is 0.307 e. The molecule has 1 atom stereocenters. The van der Waals surface area contributed by atoms with Crippen LogP contribution in [0.2, 0.25) is 0 Å². The van der Waals surface area contributed by atoms with Crippen LogP contribution in [-0.4, -0.2) is 36.0 Å².